The van der Waals surface area contributed by atoms with Crippen LogP contribution in [0.2, 0.25) is 0 Å². The molecule has 0 heterocycles. The van der Waals surface area contributed by atoms with Crippen LogP contribution in [0.25, 0.3) is 0 Å². The molecule has 0 spiro atoms. The van der Waals surface area contributed by atoms with Crippen LogP contribution < -0.4 is 11.1 Å². The minimum atomic E-state index is -0.0469. The SMILES string of the molecule is Cc1ccc(NC(=O)Cc2ccc(N)cc2)c(Br)c1. The molecule has 0 fully saturated rings. The highest BCUT2D eigenvalue weighted by Crippen LogP contribution is 2.23. The minimum Gasteiger partial charge on any atom is -0.399 e. The van der Waals surface area contributed by atoms with Crippen molar-refractivity contribution in [3.63, 3.8) is 0 Å². The number of amides is 1. The minimum absolute atomic E-state index is 0.0469. The van der Waals surface area contributed by atoms with E-state index in [4.69, 9.17) is 5.73 Å². The number of anilines is 2. The average molecular weight is 319 g/mol. The summed E-state index contributed by atoms with van der Waals surface area (Å²) in [6.07, 6.45) is 0.334. The molecular formula is C15H15BrN2O. The van der Waals surface area contributed by atoms with E-state index in [-0.39, 0.29) is 5.91 Å². The van der Waals surface area contributed by atoms with Crippen molar-refractivity contribution in [2.24, 2.45) is 0 Å². The van der Waals surface area contributed by atoms with E-state index in [1.165, 1.54) is 0 Å². The van der Waals surface area contributed by atoms with E-state index in [0.29, 0.717) is 12.1 Å². The van der Waals surface area contributed by atoms with Gasteiger partial charge < -0.3 is 11.1 Å². The monoisotopic (exact) mass is 318 g/mol. The number of hydrogen-bond acceptors (Lipinski definition) is 2. The highest BCUT2D eigenvalue weighted by atomic mass is 79.9. The number of carbonyl (C=O) groups is 1. The van der Waals surface area contributed by atoms with E-state index in [9.17, 15) is 4.79 Å². The molecule has 3 N–H and O–H groups in total. The summed E-state index contributed by atoms with van der Waals surface area (Å²) >= 11 is 3.44. The van der Waals surface area contributed by atoms with Crippen molar-refractivity contribution in [2.45, 2.75) is 13.3 Å². The van der Waals surface area contributed by atoms with Gasteiger partial charge in [0.1, 0.15) is 0 Å². The van der Waals surface area contributed by atoms with Crippen molar-refractivity contribution in [3.05, 3.63) is 58.1 Å². The van der Waals surface area contributed by atoms with Gasteiger partial charge in [0.2, 0.25) is 5.91 Å². The maximum Gasteiger partial charge on any atom is 0.228 e. The van der Waals surface area contributed by atoms with Crippen LogP contribution in [0.1, 0.15) is 11.1 Å². The van der Waals surface area contributed by atoms with Crippen LogP contribution in [0, 0.1) is 6.92 Å². The third kappa shape index (κ3) is 3.83. The van der Waals surface area contributed by atoms with Crippen LogP contribution in [-0.4, -0.2) is 5.91 Å². The zero-order valence-corrected chi connectivity index (χ0v) is 12.2. The van der Waals surface area contributed by atoms with E-state index in [0.717, 1.165) is 21.3 Å². The van der Waals surface area contributed by atoms with E-state index < -0.39 is 0 Å². The highest BCUT2D eigenvalue weighted by Gasteiger charge is 2.06. The first kappa shape index (κ1) is 13.6. The van der Waals surface area contributed by atoms with Gasteiger partial charge in [0.15, 0.2) is 0 Å². The van der Waals surface area contributed by atoms with Gasteiger partial charge in [0.25, 0.3) is 0 Å². The van der Waals surface area contributed by atoms with Gasteiger partial charge in [-0.2, -0.15) is 0 Å². The number of nitrogen functional groups attached to an aromatic ring is 1. The summed E-state index contributed by atoms with van der Waals surface area (Å²) in [5, 5.41) is 2.88. The van der Waals surface area contributed by atoms with Crippen LogP contribution >= 0.6 is 15.9 Å². The van der Waals surface area contributed by atoms with Gasteiger partial charge in [-0.3, -0.25) is 4.79 Å². The lowest BCUT2D eigenvalue weighted by molar-refractivity contribution is -0.115. The van der Waals surface area contributed by atoms with E-state index in [1.807, 2.05) is 37.3 Å². The molecule has 19 heavy (non-hydrogen) atoms. The molecule has 0 aliphatic heterocycles. The number of aryl methyl sites for hydroxylation is 1. The maximum absolute atomic E-state index is 11.9. The number of rotatable bonds is 3. The Kier molecular flexibility index (Phi) is 4.22. The van der Waals surface area contributed by atoms with Crippen LogP contribution in [-0.2, 0) is 11.2 Å². The number of benzene rings is 2. The topological polar surface area (TPSA) is 55.1 Å². The summed E-state index contributed by atoms with van der Waals surface area (Å²) in [5.41, 5.74) is 9.17. The van der Waals surface area contributed by atoms with Crippen molar-refractivity contribution < 1.29 is 4.79 Å². The Morgan fingerprint density at radius 1 is 1.21 bits per heavy atom. The molecule has 0 atom stereocenters. The fourth-order valence-electron chi connectivity index (χ4n) is 1.74. The van der Waals surface area contributed by atoms with E-state index in [1.54, 1.807) is 12.1 Å². The highest BCUT2D eigenvalue weighted by molar-refractivity contribution is 9.10. The summed E-state index contributed by atoms with van der Waals surface area (Å²) in [4.78, 5) is 11.9. The number of halogens is 1. The first-order chi connectivity index (χ1) is 9.04. The van der Waals surface area contributed by atoms with Crippen LogP contribution in [0.3, 0.4) is 0 Å². The normalized spacial score (nSPS) is 10.2. The van der Waals surface area contributed by atoms with Crippen LogP contribution in [0.5, 0.6) is 0 Å². The van der Waals surface area contributed by atoms with Gasteiger partial charge >= 0.3 is 0 Å². The second-order valence-corrected chi connectivity index (χ2v) is 5.30. The lowest BCUT2D eigenvalue weighted by Crippen LogP contribution is -2.14. The largest absolute Gasteiger partial charge is 0.399 e. The summed E-state index contributed by atoms with van der Waals surface area (Å²) in [5.74, 6) is -0.0469. The second-order valence-electron chi connectivity index (χ2n) is 4.45. The Balaban J connectivity index is 2.03. The van der Waals surface area contributed by atoms with Gasteiger partial charge in [-0.25, -0.2) is 0 Å². The molecular weight excluding hydrogens is 304 g/mol. The van der Waals surface area contributed by atoms with Gasteiger partial charge in [0, 0.05) is 10.2 Å². The molecule has 0 aromatic heterocycles. The van der Waals surface area contributed by atoms with Crippen molar-refractivity contribution in [2.75, 3.05) is 11.1 Å². The first-order valence-corrected chi connectivity index (χ1v) is 6.74. The fourth-order valence-corrected chi connectivity index (χ4v) is 2.33. The van der Waals surface area contributed by atoms with Crippen molar-refractivity contribution in [3.8, 4) is 0 Å². The van der Waals surface area contributed by atoms with Crippen molar-refractivity contribution in [1.82, 2.24) is 0 Å². The number of carbonyl (C=O) groups excluding carboxylic acids is 1. The molecule has 0 radical (unpaired) electrons. The molecule has 0 aliphatic rings. The maximum atomic E-state index is 11.9. The van der Waals surface area contributed by atoms with Crippen LogP contribution in [0.15, 0.2) is 46.9 Å². The number of nitrogens with one attached hydrogen (secondary N) is 1. The Morgan fingerprint density at radius 3 is 2.53 bits per heavy atom. The molecule has 0 bridgehead atoms. The van der Waals surface area contributed by atoms with Crippen LogP contribution in [0.4, 0.5) is 11.4 Å². The number of nitrogens with two attached hydrogens (primary N) is 1. The Hall–Kier alpha value is -1.81. The smallest absolute Gasteiger partial charge is 0.228 e. The quantitative estimate of drug-likeness (QED) is 0.851. The molecule has 98 valence electrons. The van der Waals surface area contributed by atoms with Crippen molar-refractivity contribution >= 4 is 33.2 Å². The molecule has 0 saturated heterocycles. The summed E-state index contributed by atoms with van der Waals surface area (Å²) in [6.45, 7) is 2.00. The Morgan fingerprint density at radius 2 is 1.89 bits per heavy atom. The van der Waals surface area contributed by atoms with Gasteiger partial charge in [-0.05, 0) is 58.2 Å². The lowest BCUT2D eigenvalue weighted by atomic mass is 10.1. The molecule has 4 heteroatoms. The molecule has 3 nitrogen and oxygen atoms in total. The standard InChI is InChI=1S/C15H15BrN2O/c1-10-2-7-14(13(16)8-10)18-15(19)9-11-3-5-12(17)6-4-11/h2-8H,9,17H2,1H3,(H,18,19). The zero-order valence-electron chi connectivity index (χ0n) is 10.6. The fraction of sp³-hybridized carbons (Fsp3) is 0.133. The van der Waals surface area contributed by atoms with E-state index in [2.05, 4.69) is 21.2 Å². The second kappa shape index (κ2) is 5.89. The first-order valence-electron chi connectivity index (χ1n) is 5.95. The molecule has 0 aliphatic carbocycles. The molecule has 2 rings (SSSR count). The Bertz CT molecular complexity index is 594. The van der Waals surface area contributed by atoms with Gasteiger partial charge in [-0.1, -0.05) is 18.2 Å². The number of hydrogen-bond donors (Lipinski definition) is 2. The van der Waals surface area contributed by atoms with Gasteiger partial charge in [-0.15, -0.1) is 0 Å². The molecule has 0 unspecified atom stereocenters. The zero-order chi connectivity index (χ0) is 13.8. The summed E-state index contributed by atoms with van der Waals surface area (Å²) in [6, 6.07) is 13.1. The summed E-state index contributed by atoms with van der Waals surface area (Å²) < 4.78 is 0.887. The van der Waals surface area contributed by atoms with E-state index >= 15 is 0 Å². The molecule has 0 saturated carbocycles. The molecule has 2 aromatic carbocycles. The Labute approximate surface area is 121 Å². The summed E-state index contributed by atoms with van der Waals surface area (Å²) in [7, 11) is 0. The predicted octanol–water partition coefficient (Wildman–Crippen LogP) is 3.52. The molecule has 2 aromatic rings. The third-order valence-corrected chi connectivity index (χ3v) is 3.40. The van der Waals surface area contributed by atoms with Crippen molar-refractivity contribution in [1.29, 1.82) is 0 Å². The molecule has 1 amide bonds. The third-order valence-electron chi connectivity index (χ3n) is 2.74. The predicted molar refractivity (Wildman–Crippen MR) is 82.1 cm³/mol. The lowest BCUT2D eigenvalue weighted by Gasteiger charge is -2.08. The van der Waals surface area contributed by atoms with Gasteiger partial charge in [0.05, 0.1) is 12.1 Å². The average Bonchev–Trinajstić information content (AvgIpc) is 2.36.